The van der Waals surface area contributed by atoms with Crippen molar-refractivity contribution in [1.82, 2.24) is 14.8 Å². The highest BCUT2D eigenvalue weighted by molar-refractivity contribution is 7.99. The first-order valence-electron chi connectivity index (χ1n) is 7.45. The van der Waals surface area contributed by atoms with Crippen LogP contribution in [0.4, 0.5) is 0 Å². The zero-order chi connectivity index (χ0) is 16.9. The number of benzene rings is 2. The van der Waals surface area contributed by atoms with Crippen LogP contribution in [0, 0.1) is 0 Å². The Kier molecular flexibility index (Phi) is 4.96. The lowest BCUT2D eigenvalue weighted by Crippen LogP contribution is -2.19. The van der Waals surface area contributed by atoms with Crippen LogP contribution in [0.2, 0.25) is 0 Å². The molecule has 0 saturated carbocycles. The quantitative estimate of drug-likeness (QED) is 0.669. The van der Waals surface area contributed by atoms with E-state index in [9.17, 15) is 4.79 Å². The smallest absolute Gasteiger partial charge is 0.336 e. The molecule has 0 radical (unpaired) electrons. The van der Waals surface area contributed by atoms with Crippen molar-refractivity contribution in [2.45, 2.75) is 10.4 Å². The summed E-state index contributed by atoms with van der Waals surface area (Å²) in [6.07, 6.45) is 0. The van der Waals surface area contributed by atoms with Crippen LogP contribution in [0.1, 0.15) is 16.4 Å². The maximum absolute atomic E-state index is 12.0. The molecule has 0 fully saturated rings. The summed E-state index contributed by atoms with van der Waals surface area (Å²) in [7, 11) is 3.17. The number of thioether (sulfide) groups is 1. The van der Waals surface area contributed by atoms with Crippen molar-refractivity contribution in [1.29, 1.82) is 0 Å². The summed E-state index contributed by atoms with van der Waals surface area (Å²) in [5.74, 6) is -0.00202. The van der Waals surface area contributed by atoms with Gasteiger partial charge in [-0.25, -0.2) is 4.68 Å². The maximum atomic E-state index is 12.0. The molecule has 0 atom stereocenters. The first-order valence-corrected chi connectivity index (χ1v) is 8.33. The lowest BCUT2D eigenvalue weighted by atomic mass is 10.0. The third kappa shape index (κ3) is 3.49. The van der Waals surface area contributed by atoms with Gasteiger partial charge >= 0.3 is 5.56 Å². The summed E-state index contributed by atoms with van der Waals surface area (Å²) in [4.78, 5) is 16.1. The number of rotatable bonds is 5. The third-order valence-electron chi connectivity index (χ3n) is 3.52. The molecule has 1 heterocycles. The Bertz CT molecular complexity index is 827. The molecule has 0 bridgehead atoms. The zero-order valence-electron chi connectivity index (χ0n) is 13.4. The molecule has 0 aliphatic rings. The van der Waals surface area contributed by atoms with Gasteiger partial charge in [0.1, 0.15) is 0 Å². The lowest BCUT2D eigenvalue weighted by molar-refractivity contribution is 0.366. The first kappa shape index (κ1) is 16.3. The molecule has 5 nitrogen and oxygen atoms in total. The van der Waals surface area contributed by atoms with Gasteiger partial charge in [-0.1, -0.05) is 72.4 Å². The molecule has 0 unspecified atom stereocenters. The Morgan fingerprint density at radius 2 is 1.54 bits per heavy atom. The minimum absolute atomic E-state index is 0.00202. The van der Waals surface area contributed by atoms with Crippen molar-refractivity contribution < 1.29 is 4.74 Å². The second kappa shape index (κ2) is 7.31. The largest absolute Gasteiger partial charge is 0.476 e. The van der Waals surface area contributed by atoms with Crippen LogP contribution in [-0.4, -0.2) is 21.9 Å². The van der Waals surface area contributed by atoms with Crippen LogP contribution in [-0.2, 0) is 7.05 Å². The highest BCUT2D eigenvalue weighted by Crippen LogP contribution is 2.38. The molecule has 1 aromatic heterocycles. The minimum Gasteiger partial charge on any atom is -0.476 e. The van der Waals surface area contributed by atoms with Gasteiger partial charge in [0.05, 0.1) is 12.4 Å². The Hall–Kier alpha value is -2.60. The van der Waals surface area contributed by atoms with Gasteiger partial charge in [0.25, 0.3) is 5.88 Å². The molecule has 0 amide bonds. The maximum Gasteiger partial charge on any atom is 0.336 e. The first-order chi connectivity index (χ1) is 11.7. The molecule has 122 valence electrons. The number of ether oxygens (including phenoxy) is 1. The van der Waals surface area contributed by atoms with Crippen LogP contribution in [0.3, 0.4) is 0 Å². The SMILES string of the molecule is COc1nn(C)c(SC(c2ccccc2)c2ccccc2)nc1=O. The average molecular weight is 339 g/mol. The molecule has 0 saturated heterocycles. The Morgan fingerprint density at radius 1 is 1.00 bits per heavy atom. The number of nitrogens with zero attached hydrogens (tertiary/aromatic N) is 3. The minimum atomic E-state index is -0.460. The molecule has 24 heavy (non-hydrogen) atoms. The predicted octanol–water partition coefficient (Wildman–Crippen LogP) is 3.07. The highest BCUT2D eigenvalue weighted by atomic mass is 32.2. The van der Waals surface area contributed by atoms with Gasteiger partial charge in [0.2, 0.25) is 0 Å². The van der Waals surface area contributed by atoms with Gasteiger partial charge in [-0.05, 0) is 11.1 Å². The van der Waals surface area contributed by atoms with Crippen LogP contribution in [0.25, 0.3) is 0 Å². The topological polar surface area (TPSA) is 57.0 Å². The molecule has 3 aromatic rings. The van der Waals surface area contributed by atoms with E-state index in [4.69, 9.17) is 4.74 Å². The monoisotopic (exact) mass is 339 g/mol. The molecular formula is C18H17N3O2S. The van der Waals surface area contributed by atoms with Crippen molar-refractivity contribution in [3.63, 3.8) is 0 Å². The van der Waals surface area contributed by atoms with Crippen LogP contribution < -0.4 is 10.3 Å². The molecule has 2 aromatic carbocycles. The van der Waals surface area contributed by atoms with Crippen molar-refractivity contribution in [2.24, 2.45) is 7.05 Å². The fourth-order valence-corrected chi connectivity index (χ4v) is 3.48. The predicted molar refractivity (Wildman–Crippen MR) is 94.4 cm³/mol. The molecular weight excluding hydrogens is 322 g/mol. The normalized spacial score (nSPS) is 10.8. The van der Waals surface area contributed by atoms with E-state index in [1.807, 2.05) is 36.4 Å². The molecule has 6 heteroatoms. The molecule has 3 rings (SSSR count). The summed E-state index contributed by atoms with van der Waals surface area (Å²) in [6, 6.07) is 20.3. The highest BCUT2D eigenvalue weighted by Gasteiger charge is 2.19. The van der Waals surface area contributed by atoms with Gasteiger partial charge in [-0.3, -0.25) is 4.79 Å². The van der Waals surface area contributed by atoms with E-state index < -0.39 is 5.56 Å². The van der Waals surface area contributed by atoms with Gasteiger partial charge in [0.15, 0.2) is 5.16 Å². The Morgan fingerprint density at radius 3 is 2.04 bits per heavy atom. The second-order valence-electron chi connectivity index (χ2n) is 5.15. The average Bonchev–Trinajstić information content (AvgIpc) is 2.63. The van der Waals surface area contributed by atoms with Crippen LogP contribution >= 0.6 is 11.8 Å². The van der Waals surface area contributed by atoms with Gasteiger partial charge < -0.3 is 4.74 Å². The summed E-state index contributed by atoms with van der Waals surface area (Å²) in [5, 5.41) is 4.68. The second-order valence-corrected chi connectivity index (χ2v) is 6.22. The number of hydrogen-bond donors (Lipinski definition) is 0. The van der Waals surface area contributed by atoms with Crippen LogP contribution in [0.15, 0.2) is 70.6 Å². The van der Waals surface area contributed by atoms with Crippen molar-refractivity contribution in [3.05, 3.63) is 82.1 Å². The van der Waals surface area contributed by atoms with E-state index in [0.717, 1.165) is 11.1 Å². The van der Waals surface area contributed by atoms with E-state index in [1.165, 1.54) is 18.9 Å². The Labute approximate surface area is 144 Å². The summed E-state index contributed by atoms with van der Waals surface area (Å²) in [6.45, 7) is 0. The lowest BCUT2D eigenvalue weighted by Gasteiger charge is -2.18. The fraction of sp³-hybridized carbons (Fsp3) is 0.167. The number of aryl methyl sites for hydroxylation is 1. The van der Waals surface area contributed by atoms with Crippen molar-refractivity contribution >= 4 is 11.8 Å². The Balaban J connectivity index is 2.02. The summed E-state index contributed by atoms with van der Waals surface area (Å²) in [5.41, 5.74) is 1.82. The van der Waals surface area contributed by atoms with E-state index in [0.29, 0.717) is 5.16 Å². The molecule has 0 N–H and O–H groups in total. The van der Waals surface area contributed by atoms with Gasteiger partial charge in [-0.15, -0.1) is 5.10 Å². The van der Waals surface area contributed by atoms with Crippen molar-refractivity contribution in [3.8, 4) is 5.88 Å². The van der Waals surface area contributed by atoms with E-state index in [2.05, 4.69) is 34.3 Å². The van der Waals surface area contributed by atoms with E-state index in [1.54, 1.807) is 11.7 Å². The summed E-state index contributed by atoms with van der Waals surface area (Å²) < 4.78 is 6.51. The summed E-state index contributed by atoms with van der Waals surface area (Å²) >= 11 is 1.49. The standard InChI is InChI=1S/C18H17N3O2S/c1-21-18(19-16(22)17(20-21)23-2)24-15(13-9-5-3-6-10-13)14-11-7-4-8-12-14/h3-12,15H,1-2H3. The van der Waals surface area contributed by atoms with E-state index >= 15 is 0 Å². The van der Waals surface area contributed by atoms with Gasteiger partial charge in [0, 0.05) is 7.05 Å². The zero-order valence-corrected chi connectivity index (χ0v) is 14.2. The molecule has 0 spiro atoms. The van der Waals surface area contributed by atoms with Crippen molar-refractivity contribution in [2.75, 3.05) is 7.11 Å². The van der Waals surface area contributed by atoms with E-state index in [-0.39, 0.29) is 11.1 Å². The molecule has 0 aliphatic heterocycles. The number of methoxy groups -OCH3 is 1. The molecule has 0 aliphatic carbocycles. The number of hydrogen-bond acceptors (Lipinski definition) is 5. The van der Waals surface area contributed by atoms with Gasteiger partial charge in [-0.2, -0.15) is 4.98 Å². The van der Waals surface area contributed by atoms with Crippen LogP contribution in [0.5, 0.6) is 5.88 Å². The number of aromatic nitrogens is 3. The third-order valence-corrected chi connectivity index (χ3v) is 4.87. The fourth-order valence-electron chi connectivity index (χ4n) is 2.35.